The molecular weight excluding hydrogens is 189 g/mol. The number of aliphatic hydroxyl groups excluding tert-OH is 2. The summed E-state index contributed by atoms with van der Waals surface area (Å²) in [5.41, 5.74) is 0. The largest absolute Gasteiger partial charge is 0.394 e. The number of hydrogen-bond donors (Lipinski definition) is 2. The summed E-state index contributed by atoms with van der Waals surface area (Å²) >= 11 is 0. The predicted octanol–water partition coefficient (Wildman–Crippen LogP) is 0.699. The van der Waals surface area contributed by atoms with Gasteiger partial charge in [0.05, 0.1) is 13.2 Å². The molecule has 0 fully saturated rings. The summed E-state index contributed by atoms with van der Waals surface area (Å²) in [5.74, 6) is 0. The normalized spacial score (nSPS) is 12.5. The van der Waals surface area contributed by atoms with Crippen LogP contribution in [0, 0.1) is 0 Å². The van der Waals surface area contributed by atoms with Crippen molar-refractivity contribution >= 4 is 0 Å². The van der Waals surface area contributed by atoms with Crippen molar-refractivity contribution in [3.05, 3.63) is 0 Å². The molecule has 0 aromatic heterocycles. The molecule has 0 saturated heterocycles. The van der Waals surface area contributed by atoms with Crippen LogP contribution in [0.15, 0.2) is 0 Å². The van der Waals surface area contributed by atoms with E-state index in [1.165, 1.54) is 0 Å². The Bertz CT molecular complexity index is 123. The Morgan fingerprint density at radius 2 is 1.69 bits per heavy atom. The zero-order chi connectivity index (χ0) is 10.3. The van der Waals surface area contributed by atoms with Gasteiger partial charge in [-0.25, -0.2) is 0 Å². The molecule has 3 nitrogen and oxygen atoms in total. The molecule has 0 aliphatic carbocycles. The highest BCUT2D eigenvalue weighted by atomic mass is 19.4. The van der Waals surface area contributed by atoms with Crippen molar-refractivity contribution in [3.63, 3.8) is 0 Å². The highest BCUT2D eigenvalue weighted by Gasteiger charge is 2.26. The molecule has 2 N–H and O–H groups in total. The lowest BCUT2D eigenvalue weighted by molar-refractivity contribution is -0.139. The van der Waals surface area contributed by atoms with Gasteiger partial charge in [0.2, 0.25) is 0 Å². The first-order valence-electron chi connectivity index (χ1n) is 3.89. The lowest BCUT2D eigenvalue weighted by Crippen LogP contribution is -2.23. The number of ether oxygens (including phenoxy) is 1. The minimum atomic E-state index is -4.17. The maximum atomic E-state index is 11.6. The number of rotatable bonds is 6. The Kier molecular flexibility index (Phi) is 6.02. The third kappa shape index (κ3) is 8.01. The molecule has 0 saturated carbocycles. The number of aliphatic hydroxyl groups is 2. The minimum Gasteiger partial charge on any atom is -0.394 e. The van der Waals surface area contributed by atoms with Gasteiger partial charge in [-0.2, -0.15) is 13.2 Å². The van der Waals surface area contributed by atoms with Crippen LogP contribution >= 0.6 is 0 Å². The Morgan fingerprint density at radius 3 is 2.08 bits per heavy atom. The maximum absolute atomic E-state index is 11.6. The second-order valence-electron chi connectivity index (χ2n) is 2.58. The smallest absolute Gasteiger partial charge is 0.389 e. The summed E-state index contributed by atoms with van der Waals surface area (Å²) in [5, 5.41) is 17.0. The van der Waals surface area contributed by atoms with Crippen molar-refractivity contribution in [2.45, 2.75) is 25.1 Å². The molecule has 0 spiro atoms. The fourth-order valence-corrected chi connectivity index (χ4v) is 0.686. The van der Waals surface area contributed by atoms with E-state index < -0.39 is 18.7 Å². The van der Waals surface area contributed by atoms with Crippen LogP contribution in [-0.4, -0.2) is 42.3 Å². The van der Waals surface area contributed by atoms with Gasteiger partial charge in [-0.3, -0.25) is 0 Å². The van der Waals surface area contributed by atoms with Crippen molar-refractivity contribution in [2.75, 3.05) is 19.8 Å². The van der Waals surface area contributed by atoms with Gasteiger partial charge in [0.1, 0.15) is 6.10 Å². The Balaban J connectivity index is 3.34. The van der Waals surface area contributed by atoms with E-state index in [2.05, 4.69) is 0 Å². The molecule has 0 unspecified atom stereocenters. The molecule has 80 valence electrons. The van der Waals surface area contributed by atoms with Crippen LogP contribution in [0.3, 0.4) is 0 Å². The van der Waals surface area contributed by atoms with E-state index in [9.17, 15) is 13.2 Å². The summed E-state index contributed by atoms with van der Waals surface area (Å²) in [6, 6.07) is 0. The van der Waals surface area contributed by atoms with Crippen LogP contribution in [0.4, 0.5) is 13.2 Å². The Morgan fingerprint density at radius 1 is 1.15 bits per heavy atom. The van der Waals surface area contributed by atoms with Crippen LogP contribution in [-0.2, 0) is 4.74 Å². The highest BCUT2D eigenvalue weighted by molar-refractivity contribution is 4.54. The van der Waals surface area contributed by atoms with E-state index in [4.69, 9.17) is 14.9 Å². The summed E-state index contributed by atoms with van der Waals surface area (Å²) < 4.78 is 39.5. The van der Waals surface area contributed by atoms with Gasteiger partial charge in [0, 0.05) is 13.0 Å². The van der Waals surface area contributed by atoms with Crippen molar-refractivity contribution < 1.29 is 28.1 Å². The monoisotopic (exact) mass is 202 g/mol. The molecule has 0 radical (unpaired) electrons. The van der Waals surface area contributed by atoms with Gasteiger partial charge in [0.15, 0.2) is 0 Å². The number of hydrogen-bond acceptors (Lipinski definition) is 3. The molecule has 0 heterocycles. The fourth-order valence-electron chi connectivity index (χ4n) is 0.686. The minimum absolute atomic E-state index is 0.106. The van der Waals surface area contributed by atoms with Gasteiger partial charge in [-0.15, -0.1) is 0 Å². The van der Waals surface area contributed by atoms with Crippen LogP contribution in [0.2, 0.25) is 0 Å². The second-order valence-corrected chi connectivity index (χ2v) is 2.58. The van der Waals surface area contributed by atoms with Gasteiger partial charge < -0.3 is 14.9 Å². The Labute approximate surface area is 74.1 Å². The van der Waals surface area contributed by atoms with Gasteiger partial charge in [0.25, 0.3) is 0 Å². The van der Waals surface area contributed by atoms with Crippen molar-refractivity contribution in [3.8, 4) is 0 Å². The van der Waals surface area contributed by atoms with Gasteiger partial charge in [-0.1, -0.05) is 0 Å². The first-order valence-corrected chi connectivity index (χ1v) is 3.89. The summed E-state index contributed by atoms with van der Waals surface area (Å²) in [6.45, 7) is -0.879. The van der Waals surface area contributed by atoms with Crippen LogP contribution in [0.5, 0.6) is 0 Å². The van der Waals surface area contributed by atoms with E-state index in [1.807, 2.05) is 0 Å². The van der Waals surface area contributed by atoms with Crippen molar-refractivity contribution in [1.82, 2.24) is 0 Å². The number of alkyl halides is 3. The fraction of sp³-hybridized carbons (Fsp3) is 1.00. The van der Waals surface area contributed by atoms with Gasteiger partial charge in [-0.05, 0) is 6.42 Å². The average Bonchev–Trinajstić information content (AvgIpc) is 2.03. The van der Waals surface area contributed by atoms with E-state index in [0.717, 1.165) is 0 Å². The van der Waals surface area contributed by atoms with E-state index in [1.54, 1.807) is 0 Å². The SMILES string of the molecule is OCC(CO)OCCCC(F)(F)F. The summed E-state index contributed by atoms with van der Waals surface area (Å²) in [4.78, 5) is 0. The highest BCUT2D eigenvalue weighted by Crippen LogP contribution is 2.21. The number of halogens is 3. The molecule has 0 aromatic rings. The molecule has 0 aliphatic rings. The average molecular weight is 202 g/mol. The van der Waals surface area contributed by atoms with Gasteiger partial charge >= 0.3 is 6.18 Å². The summed E-state index contributed by atoms with van der Waals surface area (Å²) in [7, 11) is 0. The molecule has 0 amide bonds. The molecule has 0 atom stereocenters. The lowest BCUT2D eigenvalue weighted by Gasteiger charge is -2.12. The third-order valence-electron chi connectivity index (χ3n) is 1.37. The quantitative estimate of drug-likeness (QED) is 0.623. The van der Waals surface area contributed by atoms with Crippen molar-refractivity contribution in [2.24, 2.45) is 0 Å². The first-order chi connectivity index (χ1) is 5.99. The van der Waals surface area contributed by atoms with E-state index >= 15 is 0 Å². The molecule has 0 bridgehead atoms. The maximum Gasteiger partial charge on any atom is 0.389 e. The standard InChI is InChI=1S/C7H13F3O3/c8-7(9,10)2-1-3-13-6(4-11)5-12/h6,11-12H,1-5H2. The van der Waals surface area contributed by atoms with E-state index in [0.29, 0.717) is 0 Å². The molecule has 6 heteroatoms. The zero-order valence-electron chi connectivity index (χ0n) is 7.05. The molecule has 0 aliphatic heterocycles. The molecule has 13 heavy (non-hydrogen) atoms. The molecule has 0 aromatic carbocycles. The van der Waals surface area contributed by atoms with Crippen LogP contribution in [0.25, 0.3) is 0 Å². The molecular formula is C7H13F3O3. The first kappa shape index (κ1) is 12.7. The summed E-state index contributed by atoms with van der Waals surface area (Å²) in [6.07, 6.45) is -6.00. The van der Waals surface area contributed by atoms with Crippen LogP contribution in [0.1, 0.15) is 12.8 Å². The third-order valence-corrected chi connectivity index (χ3v) is 1.37. The lowest BCUT2D eigenvalue weighted by atomic mass is 10.3. The zero-order valence-corrected chi connectivity index (χ0v) is 7.05. The topological polar surface area (TPSA) is 49.7 Å². The second kappa shape index (κ2) is 6.17. The van der Waals surface area contributed by atoms with E-state index in [-0.39, 0.29) is 26.2 Å². The predicted molar refractivity (Wildman–Crippen MR) is 39.2 cm³/mol. The van der Waals surface area contributed by atoms with Crippen LogP contribution < -0.4 is 0 Å². The van der Waals surface area contributed by atoms with Crippen molar-refractivity contribution in [1.29, 1.82) is 0 Å². The Hall–Kier alpha value is -0.330. The molecule has 0 rings (SSSR count).